The van der Waals surface area contributed by atoms with Crippen molar-refractivity contribution >= 4 is 17.5 Å². The van der Waals surface area contributed by atoms with Crippen molar-refractivity contribution in [2.75, 3.05) is 24.5 Å². The maximum Gasteiger partial charge on any atom is 0.257 e. The molecule has 0 amide bonds. The fourth-order valence-electron chi connectivity index (χ4n) is 4.73. The molecule has 0 bridgehead atoms. The van der Waals surface area contributed by atoms with Crippen molar-refractivity contribution in [3.8, 4) is 0 Å². The van der Waals surface area contributed by atoms with E-state index in [0.29, 0.717) is 43.4 Å². The number of piperidine rings is 1. The molecule has 2 aliphatic heterocycles. The summed E-state index contributed by atoms with van der Waals surface area (Å²) in [6.45, 7) is 3.58. The van der Waals surface area contributed by atoms with Gasteiger partial charge < -0.3 is 10.0 Å². The average Bonchev–Trinajstić information content (AvgIpc) is 2.81. The number of nitrogens with zero attached hydrogens (tertiary/aromatic N) is 3. The van der Waals surface area contributed by atoms with Crippen molar-refractivity contribution in [1.82, 2.24) is 14.9 Å². The number of aromatic nitrogens is 2. The van der Waals surface area contributed by atoms with Crippen LogP contribution in [0.5, 0.6) is 0 Å². The third kappa shape index (κ3) is 4.31. The third-order valence-electron chi connectivity index (χ3n) is 6.66. The molecule has 2 aromatic carbocycles. The monoisotopic (exact) mass is 450 g/mol. The summed E-state index contributed by atoms with van der Waals surface area (Å²) in [6, 6.07) is 17.7. The van der Waals surface area contributed by atoms with Crippen LogP contribution in [0.25, 0.3) is 0 Å². The van der Waals surface area contributed by atoms with E-state index in [4.69, 9.17) is 16.6 Å². The Morgan fingerprint density at radius 3 is 2.47 bits per heavy atom. The van der Waals surface area contributed by atoms with Crippen LogP contribution in [0.1, 0.15) is 35.2 Å². The van der Waals surface area contributed by atoms with E-state index in [9.17, 15) is 9.90 Å². The minimum atomic E-state index is -0.881. The number of halogens is 1. The molecule has 0 saturated carbocycles. The summed E-state index contributed by atoms with van der Waals surface area (Å²) in [4.78, 5) is 25.1. The van der Waals surface area contributed by atoms with Crippen LogP contribution >= 0.6 is 11.6 Å². The molecule has 32 heavy (non-hydrogen) atoms. The Kier molecular flexibility index (Phi) is 5.76. The van der Waals surface area contributed by atoms with Gasteiger partial charge in [0.1, 0.15) is 0 Å². The lowest BCUT2D eigenvalue weighted by Gasteiger charge is -2.39. The zero-order valence-electron chi connectivity index (χ0n) is 17.9. The molecule has 1 saturated heterocycles. The number of nitrogens with one attached hydrogen (secondary N) is 1. The molecule has 2 N–H and O–H groups in total. The molecule has 1 fully saturated rings. The number of benzene rings is 2. The summed E-state index contributed by atoms with van der Waals surface area (Å²) < 4.78 is 0. The Labute approximate surface area is 192 Å². The van der Waals surface area contributed by atoms with Gasteiger partial charge in [0.2, 0.25) is 5.95 Å². The summed E-state index contributed by atoms with van der Waals surface area (Å²) >= 11 is 5.99. The Morgan fingerprint density at radius 2 is 1.75 bits per heavy atom. The smallest absolute Gasteiger partial charge is 0.257 e. The minimum absolute atomic E-state index is 0.0544. The van der Waals surface area contributed by atoms with Crippen LogP contribution in [0, 0.1) is 0 Å². The fraction of sp³-hybridized carbons (Fsp3) is 0.360. The molecule has 0 aliphatic carbocycles. The third-order valence-corrected chi connectivity index (χ3v) is 6.91. The van der Waals surface area contributed by atoms with Crippen molar-refractivity contribution in [1.29, 1.82) is 0 Å². The van der Waals surface area contributed by atoms with Crippen molar-refractivity contribution in [2.24, 2.45) is 0 Å². The summed E-state index contributed by atoms with van der Waals surface area (Å²) in [7, 11) is 0. The molecular weight excluding hydrogens is 424 g/mol. The fourth-order valence-corrected chi connectivity index (χ4v) is 4.86. The zero-order chi connectivity index (χ0) is 22.1. The molecule has 7 heteroatoms. The van der Waals surface area contributed by atoms with Crippen LogP contribution in [0.2, 0.25) is 5.02 Å². The van der Waals surface area contributed by atoms with E-state index >= 15 is 0 Å². The van der Waals surface area contributed by atoms with Gasteiger partial charge in [0.25, 0.3) is 5.56 Å². The molecule has 2 aliphatic rings. The van der Waals surface area contributed by atoms with Crippen LogP contribution in [-0.4, -0.2) is 39.6 Å². The van der Waals surface area contributed by atoms with Crippen LogP contribution < -0.4 is 10.5 Å². The quantitative estimate of drug-likeness (QED) is 0.636. The average molecular weight is 451 g/mol. The topological polar surface area (TPSA) is 72.5 Å². The van der Waals surface area contributed by atoms with E-state index < -0.39 is 5.60 Å². The van der Waals surface area contributed by atoms with Gasteiger partial charge in [0.15, 0.2) is 0 Å². The highest BCUT2D eigenvalue weighted by Gasteiger charge is 2.35. The van der Waals surface area contributed by atoms with E-state index in [-0.39, 0.29) is 5.56 Å². The lowest BCUT2D eigenvalue weighted by atomic mass is 9.84. The lowest BCUT2D eigenvalue weighted by Crippen LogP contribution is -2.44. The van der Waals surface area contributed by atoms with E-state index in [2.05, 4.69) is 26.9 Å². The van der Waals surface area contributed by atoms with E-state index in [0.717, 1.165) is 36.3 Å². The van der Waals surface area contributed by atoms with Gasteiger partial charge in [-0.3, -0.25) is 14.7 Å². The number of rotatable bonds is 4. The van der Waals surface area contributed by atoms with Gasteiger partial charge >= 0.3 is 0 Å². The van der Waals surface area contributed by atoms with E-state index in [1.807, 2.05) is 42.5 Å². The summed E-state index contributed by atoms with van der Waals surface area (Å²) in [5.74, 6) is 0.614. The zero-order valence-corrected chi connectivity index (χ0v) is 18.7. The minimum Gasteiger partial charge on any atom is -0.385 e. The van der Waals surface area contributed by atoms with Crippen LogP contribution in [0.3, 0.4) is 0 Å². The van der Waals surface area contributed by atoms with Crippen LogP contribution in [0.4, 0.5) is 5.95 Å². The number of hydrogen-bond donors (Lipinski definition) is 2. The van der Waals surface area contributed by atoms with Crippen molar-refractivity contribution in [3.05, 3.63) is 92.4 Å². The highest BCUT2D eigenvalue weighted by molar-refractivity contribution is 6.30. The van der Waals surface area contributed by atoms with Gasteiger partial charge in [-0.05, 0) is 36.1 Å². The normalized spacial score (nSPS) is 18.4. The Morgan fingerprint density at radius 1 is 1.03 bits per heavy atom. The molecule has 0 unspecified atom stereocenters. The van der Waals surface area contributed by atoms with Gasteiger partial charge in [-0.25, -0.2) is 4.98 Å². The van der Waals surface area contributed by atoms with Crippen molar-refractivity contribution in [3.63, 3.8) is 0 Å². The predicted molar refractivity (Wildman–Crippen MR) is 126 cm³/mol. The molecule has 0 atom stereocenters. The maximum atomic E-state index is 12.9. The molecule has 166 valence electrons. The lowest BCUT2D eigenvalue weighted by molar-refractivity contribution is 0.0115. The maximum absolute atomic E-state index is 12.9. The Hall–Kier alpha value is -2.67. The highest BCUT2D eigenvalue weighted by atomic mass is 35.5. The van der Waals surface area contributed by atoms with Gasteiger partial charge in [-0.15, -0.1) is 0 Å². The first-order chi connectivity index (χ1) is 15.5. The van der Waals surface area contributed by atoms with Crippen molar-refractivity contribution < 1.29 is 5.11 Å². The Balaban J connectivity index is 1.28. The van der Waals surface area contributed by atoms with E-state index in [1.165, 1.54) is 5.56 Å². The number of aliphatic hydroxyl groups is 1. The molecule has 1 aromatic heterocycles. The Bertz CT molecular complexity index is 1140. The van der Waals surface area contributed by atoms with Gasteiger partial charge in [0, 0.05) is 44.2 Å². The number of anilines is 1. The highest BCUT2D eigenvalue weighted by Crippen LogP contribution is 2.34. The standard InChI is InChI=1S/C25H27ClN4O2/c26-20-8-6-19(7-9-20)25(32)11-14-30(15-12-25)24-27-22-10-13-29(17-21(22)23(31)28-24)16-18-4-2-1-3-5-18/h1-9,32H,10-17H2,(H,27,28,31). The molecular formula is C25H27ClN4O2. The second-order valence-electron chi connectivity index (χ2n) is 8.79. The summed E-state index contributed by atoms with van der Waals surface area (Å²) in [6.07, 6.45) is 1.90. The summed E-state index contributed by atoms with van der Waals surface area (Å²) in [5.41, 5.74) is 2.86. The SMILES string of the molecule is O=c1[nH]c(N2CCC(O)(c3ccc(Cl)cc3)CC2)nc2c1CN(Cc1ccccc1)CC2. The van der Waals surface area contributed by atoms with Gasteiger partial charge in [-0.1, -0.05) is 54.1 Å². The molecule has 3 heterocycles. The molecule has 3 aromatic rings. The number of fused-ring (bicyclic) bond motifs is 1. The second kappa shape index (κ2) is 8.70. The number of aromatic amines is 1. The van der Waals surface area contributed by atoms with Gasteiger partial charge in [-0.2, -0.15) is 0 Å². The predicted octanol–water partition coefficient (Wildman–Crippen LogP) is 3.47. The number of hydrogen-bond acceptors (Lipinski definition) is 5. The van der Waals surface area contributed by atoms with E-state index in [1.54, 1.807) is 0 Å². The molecule has 0 radical (unpaired) electrons. The second-order valence-corrected chi connectivity index (χ2v) is 9.22. The largest absolute Gasteiger partial charge is 0.385 e. The first-order valence-corrected chi connectivity index (χ1v) is 11.5. The summed E-state index contributed by atoms with van der Waals surface area (Å²) in [5, 5.41) is 11.8. The molecule has 6 nitrogen and oxygen atoms in total. The number of H-pyrrole nitrogens is 1. The first-order valence-electron chi connectivity index (χ1n) is 11.1. The van der Waals surface area contributed by atoms with Crippen LogP contribution in [-0.2, 0) is 25.1 Å². The van der Waals surface area contributed by atoms with Crippen LogP contribution in [0.15, 0.2) is 59.4 Å². The molecule has 5 rings (SSSR count). The first kappa shape index (κ1) is 21.2. The molecule has 0 spiro atoms. The van der Waals surface area contributed by atoms with Gasteiger partial charge in [0.05, 0.1) is 16.9 Å². The van der Waals surface area contributed by atoms with Crippen molar-refractivity contribution in [2.45, 2.75) is 38.0 Å².